The molecule has 82 valence electrons. The van der Waals surface area contributed by atoms with Crippen molar-refractivity contribution in [2.45, 2.75) is 19.3 Å². The van der Waals surface area contributed by atoms with Crippen LogP contribution in [0.15, 0.2) is 48.8 Å². The van der Waals surface area contributed by atoms with Crippen molar-refractivity contribution in [1.29, 1.82) is 0 Å². The number of nitrogens with zero attached hydrogens (tertiary/aromatic N) is 1. The molecule has 0 aliphatic heterocycles. The average Bonchev–Trinajstić information content (AvgIpc) is 2.33. The molecule has 1 unspecified atom stereocenters. The van der Waals surface area contributed by atoms with E-state index < -0.39 is 0 Å². The van der Waals surface area contributed by atoms with Gasteiger partial charge in [0.15, 0.2) is 0 Å². The number of hydrogen-bond donors (Lipinski definition) is 1. The predicted octanol–water partition coefficient (Wildman–Crippen LogP) is 3.13. The van der Waals surface area contributed by atoms with E-state index in [1.165, 1.54) is 11.1 Å². The lowest BCUT2D eigenvalue weighted by atomic mass is 9.94. The fraction of sp³-hybridized carbons (Fsp3) is 0.214. The molecule has 2 rings (SSSR count). The van der Waals surface area contributed by atoms with E-state index in [-0.39, 0.29) is 0 Å². The Hall–Kier alpha value is -1.83. The van der Waals surface area contributed by atoms with Gasteiger partial charge in [0, 0.05) is 12.4 Å². The quantitative estimate of drug-likeness (QED) is 0.849. The molecule has 0 saturated carbocycles. The van der Waals surface area contributed by atoms with Gasteiger partial charge >= 0.3 is 0 Å². The summed E-state index contributed by atoms with van der Waals surface area (Å²) >= 11 is 0. The number of phenolic OH excluding ortho intramolecular Hbond substituents is 1. The maximum Gasteiger partial charge on any atom is 0.115 e. The third-order valence-electron chi connectivity index (χ3n) is 2.75. The van der Waals surface area contributed by atoms with Crippen LogP contribution in [0.1, 0.15) is 24.0 Å². The first kappa shape index (κ1) is 10.7. The molecule has 2 nitrogen and oxygen atoms in total. The van der Waals surface area contributed by atoms with Crippen molar-refractivity contribution in [1.82, 2.24) is 4.98 Å². The molecule has 1 aromatic carbocycles. The monoisotopic (exact) mass is 213 g/mol. The van der Waals surface area contributed by atoms with Crippen LogP contribution >= 0.6 is 0 Å². The molecule has 2 heteroatoms. The van der Waals surface area contributed by atoms with E-state index in [1.807, 2.05) is 36.7 Å². The molecular formula is C14H15NO. The molecule has 0 radical (unpaired) electrons. The first-order valence-corrected chi connectivity index (χ1v) is 5.43. The summed E-state index contributed by atoms with van der Waals surface area (Å²) in [6.45, 7) is 2.20. The largest absolute Gasteiger partial charge is 0.508 e. The average molecular weight is 213 g/mol. The van der Waals surface area contributed by atoms with Gasteiger partial charge in [-0.2, -0.15) is 0 Å². The van der Waals surface area contributed by atoms with Crippen LogP contribution in [0.2, 0.25) is 0 Å². The zero-order valence-corrected chi connectivity index (χ0v) is 9.30. The summed E-state index contributed by atoms with van der Waals surface area (Å²) in [5.41, 5.74) is 2.53. The Balaban J connectivity index is 2.08. The highest BCUT2D eigenvalue weighted by Crippen LogP contribution is 2.20. The van der Waals surface area contributed by atoms with Gasteiger partial charge in [0.1, 0.15) is 5.75 Å². The van der Waals surface area contributed by atoms with Crippen molar-refractivity contribution in [2.75, 3.05) is 0 Å². The van der Waals surface area contributed by atoms with E-state index in [1.54, 1.807) is 12.1 Å². The number of rotatable bonds is 3. The lowest BCUT2D eigenvalue weighted by Crippen LogP contribution is -1.98. The number of phenols is 1. The van der Waals surface area contributed by atoms with Crippen molar-refractivity contribution >= 4 is 0 Å². The minimum Gasteiger partial charge on any atom is -0.508 e. The van der Waals surface area contributed by atoms with Gasteiger partial charge in [-0.05, 0) is 47.7 Å². The smallest absolute Gasteiger partial charge is 0.115 e. The molecule has 2 aromatic rings. The first-order chi connectivity index (χ1) is 7.75. The van der Waals surface area contributed by atoms with Crippen molar-refractivity contribution < 1.29 is 5.11 Å². The van der Waals surface area contributed by atoms with Gasteiger partial charge in [0.05, 0.1) is 0 Å². The third kappa shape index (κ3) is 2.60. The molecule has 0 fully saturated rings. The molecule has 1 heterocycles. The molecular weight excluding hydrogens is 198 g/mol. The molecule has 0 spiro atoms. The van der Waals surface area contributed by atoms with Crippen LogP contribution in [-0.2, 0) is 6.42 Å². The number of benzene rings is 1. The van der Waals surface area contributed by atoms with E-state index in [9.17, 15) is 5.11 Å². The number of aromatic hydroxyl groups is 1. The highest BCUT2D eigenvalue weighted by Gasteiger charge is 2.05. The summed E-state index contributed by atoms with van der Waals surface area (Å²) in [4.78, 5) is 4.01. The van der Waals surface area contributed by atoms with E-state index >= 15 is 0 Å². The second kappa shape index (κ2) is 4.79. The Bertz CT molecular complexity index is 436. The van der Waals surface area contributed by atoms with E-state index in [2.05, 4.69) is 11.9 Å². The Morgan fingerprint density at radius 3 is 2.31 bits per heavy atom. The van der Waals surface area contributed by atoms with Crippen LogP contribution in [0.3, 0.4) is 0 Å². The van der Waals surface area contributed by atoms with Crippen LogP contribution in [0.25, 0.3) is 0 Å². The molecule has 0 amide bonds. The van der Waals surface area contributed by atoms with E-state index in [4.69, 9.17) is 0 Å². The van der Waals surface area contributed by atoms with Gasteiger partial charge in [-0.3, -0.25) is 4.98 Å². The predicted molar refractivity (Wildman–Crippen MR) is 64.5 cm³/mol. The molecule has 0 saturated heterocycles. The summed E-state index contributed by atoms with van der Waals surface area (Å²) in [5, 5.41) is 9.20. The van der Waals surface area contributed by atoms with Crippen LogP contribution in [0.5, 0.6) is 5.75 Å². The maximum absolute atomic E-state index is 9.20. The van der Waals surface area contributed by atoms with Gasteiger partial charge < -0.3 is 5.11 Å². The number of aromatic nitrogens is 1. The first-order valence-electron chi connectivity index (χ1n) is 5.43. The lowest BCUT2D eigenvalue weighted by molar-refractivity contribution is 0.475. The third-order valence-corrected chi connectivity index (χ3v) is 2.75. The fourth-order valence-corrected chi connectivity index (χ4v) is 1.80. The topological polar surface area (TPSA) is 33.1 Å². The van der Waals surface area contributed by atoms with Crippen molar-refractivity contribution in [3.05, 3.63) is 59.9 Å². The van der Waals surface area contributed by atoms with Crippen LogP contribution in [0.4, 0.5) is 0 Å². The second-order valence-electron chi connectivity index (χ2n) is 4.05. The van der Waals surface area contributed by atoms with Crippen molar-refractivity contribution in [3.8, 4) is 5.75 Å². The second-order valence-corrected chi connectivity index (χ2v) is 4.05. The van der Waals surface area contributed by atoms with E-state index in [0.717, 1.165) is 6.42 Å². The van der Waals surface area contributed by atoms with Crippen molar-refractivity contribution in [2.24, 2.45) is 0 Å². The SMILES string of the molecule is CC(Cc1ccc(O)cc1)c1ccncc1. The number of pyridine rings is 1. The summed E-state index contributed by atoms with van der Waals surface area (Å²) in [6.07, 6.45) is 4.62. The summed E-state index contributed by atoms with van der Waals surface area (Å²) in [5.74, 6) is 0.785. The number of hydrogen-bond acceptors (Lipinski definition) is 2. The molecule has 16 heavy (non-hydrogen) atoms. The highest BCUT2D eigenvalue weighted by molar-refractivity contribution is 5.28. The zero-order valence-electron chi connectivity index (χ0n) is 9.30. The fourth-order valence-electron chi connectivity index (χ4n) is 1.80. The summed E-state index contributed by atoms with van der Waals surface area (Å²) < 4.78 is 0. The lowest BCUT2D eigenvalue weighted by Gasteiger charge is -2.11. The molecule has 1 aromatic heterocycles. The standard InChI is InChI=1S/C14H15NO/c1-11(13-6-8-15-9-7-13)10-12-2-4-14(16)5-3-12/h2-9,11,16H,10H2,1H3. The molecule has 1 atom stereocenters. The van der Waals surface area contributed by atoms with Crippen LogP contribution in [-0.4, -0.2) is 10.1 Å². The van der Waals surface area contributed by atoms with Gasteiger partial charge in [0.2, 0.25) is 0 Å². The minimum atomic E-state index is 0.320. The van der Waals surface area contributed by atoms with Crippen molar-refractivity contribution in [3.63, 3.8) is 0 Å². The Morgan fingerprint density at radius 2 is 1.69 bits per heavy atom. The van der Waals surface area contributed by atoms with Gasteiger partial charge in [-0.1, -0.05) is 19.1 Å². The minimum absolute atomic E-state index is 0.320. The van der Waals surface area contributed by atoms with E-state index in [0.29, 0.717) is 11.7 Å². The maximum atomic E-state index is 9.20. The normalized spacial score (nSPS) is 12.3. The molecule has 0 aliphatic rings. The summed E-state index contributed by atoms with van der Waals surface area (Å²) in [7, 11) is 0. The van der Waals surface area contributed by atoms with Crippen LogP contribution in [0, 0.1) is 0 Å². The molecule has 0 bridgehead atoms. The van der Waals surface area contributed by atoms with Gasteiger partial charge in [0.25, 0.3) is 0 Å². The Kier molecular flexibility index (Phi) is 3.20. The molecule has 0 aliphatic carbocycles. The van der Waals surface area contributed by atoms with Crippen LogP contribution < -0.4 is 0 Å². The van der Waals surface area contributed by atoms with Gasteiger partial charge in [-0.15, -0.1) is 0 Å². The Labute approximate surface area is 95.6 Å². The molecule has 1 N–H and O–H groups in total. The zero-order chi connectivity index (χ0) is 11.4. The Morgan fingerprint density at radius 1 is 1.06 bits per heavy atom. The van der Waals surface area contributed by atoms with Gasteiger partial charge in [-0.25, -0.2) is 0 Å². The highest BCUT2D eigenvalue weighted by atomic mass is 16.3. The summed E-state index contributed by atoms with van der Waals surface area (Å²) in [6, 6.07) is 11.5.